The first-order chi connectivity index (χ1) is 18.0. The molecule has 0 amide bonds. The zero-order valence-corrected chi connectivity index (χ0v) is 20.7. The lowest BCUT2D eigenvalue weighted by Gasteiger charge is -2.34. The van der Waals surface area contributed by atoms with E-state index in [-0.39, 0.29) is 5.41 Å². The molecule has 0 bridgehead atoms. The third-order valence-corrected chi connectivity index (χ3v) is 8.12. The summed E-state index contributed by atoms with van der Waals surface area (Å²) in [5.74, 6) is 0.676. The molecule has 5 aromatic carbocycles. The average molecular weight is 471 g/mol. The lowest BCUT2D eigenvalue weighted by atomic mass is 9.70. The minimum Gasteiger partial charge on any atom is -0.277 e. The summed E-state index contributed by atoms with van der Waals surface area (Å²) >= 11 is 0. The van der Waals surface area contributed by atoms with E-state index in [9.17, 15) is 0 Å². The summed E-state index contributed by atoms with van der Waals surface area (Å²) in [6, 6.07) is 34.1. The average Bonchev–Trinajstić information content (AvgIpc) is 3.25. The molecule has 0 spiro atoms. The number of fused-ring (bicyclic) bond motifs is 7. The van der Waals surface area contributed by atoms with Crippen LogP contribution >= 0.6 is 0 Å². The van der Waals surface area contributed by atoms with E-state index in [4.69, 9.17) is 17.8 Å². The Morgan fingerprint density at radius 2 is 1.51 bits per heavy atom. The lowest BCUT2D eigenvalue weighted by Crippen LogP contribution is -2.24. The highest BCUT2D eigenvalue weighted by molar-refractivity contribution is 6.34. The predicted molar refractivity (Wildman–Crippen MR) is 154 cm³/mol. The van der Waals surface area contributed by atoms with Crippen LogP contribution in [0.4, 0.5) is 0 Å². The predicted octanol–water partition coefficient (Wildman–Crippen LogP) is 6.98. The first-order valence-corrected chi connectivity index (χ1v) is 12.7. The van der Waals surface area contributed by atoms with Crippen LogP contribution in [0, 0.1) is 0 Å². The third kappa shape index (κ3) is 2.67. The fraction of sp³-hybridized carbons (Fsp3) is 0.0909. The highest BCUT2D eigenvalue weighted by atomic mass is 15.2. The Labute approximate surface area is 215 Å². The number of nitrogens with zero attached hydrogens (tertiary/aromatic N) is 3. The maximum atomic E-state index is 6.26. The molecule has 0 N–H and O–H groups in total. The van der Waals surface area contributed by atoms with Gasteiger partial charge in [0.1, 0.15) is 7.85 Å². The van der Waals surface area contributed by atoms with Crippen LogP contribution in [0.25, 0.3) is 60.7 Å². The molecule has 2 aromatic heterocycles. The van der Waals surface area contributed by atoms with Crippen LogP contribution in [0.3, 0.4) is 0 Å². The van der Waals surface area contributed by atoms with Gasteiger partial charge in [0.25, 0.3) is 0 Å². The third-order valence-electron chi connectivity index (χ3n) is 8.12. The van der Waals surface area contributed by atoms with E-state index < -0.39 is 0 Å². The van der Waals surface area contributed by atoms with Crippen molar-refractivity contribution in [1.82, 2.24) is 14.5 Å². The van der Waals surface area contributed by atoms with Crippen LogP contribution in [0.5, 0.6) is 0 Å². The minimum absolute atomic E-state index is 0.130. The summed E-state index contributed by atoms with van der Waals surface area (Å²) < 4.78 is 2.22. The smallest absolute Gasteiger partial charge is 0.235 e. The van der Waals surface area contributed by atoms with Gasteiger partial charge in [-0.25, -0.2) is 9.97 Å². The van der Waals surface area contributed by atoms with Crippen molar-refractivity contribution in [2.75, 3.05) is 0 Å². The van der Waals surface area contributed by atoms with Gasteiger partial charge >= 0.3 is 0 Å². The number of aromatic nitrogens is 3. The van der Waals surface area contributed by atoms with Crippen LogP contribution in [0.15, 0.2) is 97.1 Å². The van der Waals surface area contributed by atoms with E-state index in [1.807, 2.05) is 6.07 Å². The Bertz CT molecular complexity index is 2080. The summed E-state index contributed by atoms with van der Waals surface area (Å²) in [5, 5.41) is 5.75. The SMILES string of the molecule is [B]c1ccc2c(c1)c1ccc3ccccc3c1n2-c1nc2c3c(cccc3n1)C(C)(C)c1ccccc1-2. The molecule has 0 unspecified atom stereocenters. The lowest BCUT2D eigenvalue weighted by molar-refractivity contribution is 0.643. The Hall–Kier alpha value is -4.44. The second-order valence-corrected chi connectivity index (χ2v) is 10.5. The Balaban J connectivity index is 1.57. The van der Waals surface area contributed by atoms with Crippen molar-refractivity contribution >= 4 is 56.8 Å². The highest BCUT2D eigenvalue weighted by Gasteiger charge is 2.34. The van der Waals surface area contributed by atoms with Crippen LogP contribution in [-0.2, 0) is 5.41 Å². The van der Waals surface area contributed by atoms with Gasteiger partial charge in [-0.05, 0) is 28.6 Å². The number of hydrogen-bond donors (Lipinski definition) is 0. The standard InChI is InChI=1S/C33H22BN3/c1-33(2)25-11-6-5-10-23(25)30-29-26(33)12-7-13-27(29)35-32(36-30)37-28-17-15-20(34)18-24(28)22-16-14-19-8-3-4-9-21(19)31(22)37/h3-18H,1-2H3. The summed E-state index contributed by atoms with van der Waals surface area (Å²) in [5.41, 5.74) is 8.46. The Kier molecular flexibility index (Phi) is 3.96. The van der Waals surface area contributed by atoms with Gasteiger partial charge in [0.05, 0.1) is 22.2 Å². The molecule has 0 saturated carbocycles. The van der Waals surface area contributed by atoms with Crippen LogP contribution in [-0.4, -0.2) is 22.4 Å². The molecule has 172 valence electrons. The van der Waals surface area contributed by atoms with Crippen molar-refractivity contribution in [3.63, 3.8) is 0 Å². The van der Waals surface area contributed by atoms with Gasteiger partial charge in [-0.1, -0.05) is 104 Å². The molecule has 3 nitrogen and oxygen atoms in total. The molecule has 37 heavy (non-hydrogen) atoms. The van der Waals surface area contributed by atoms with E-state index in [1.54, 1.807) is 0 Å². The molecule has 2 radical (unpaired) electrons. The number of benzene rings is 5. The minimum atomic E-state index is -0.130. The quantitative estimate of drug-likeness (QED) is 0.242. The molecule has 0 atom stereocenters. The number of hydrogen-bond acceptors (Lipinski definition) is 2. The fourth-order valence-electron chi connectivity index (χ4n) is 6.37. The molecular weight excluding hydrogens is 449 g/mol. The van der Waals surface area contributed by atoms with Crippen molar-refractivity contribution in [2.45, 2.75) is 19.3 Å². The molecular formula is C33H22BN3. The second kappa shape index (κ2) is 7.07. The van der Waals surface area contributed by atoms with Crippen LogP contribution in [0.2, 0.25) is 0 Å². The van der Waals surface area contributed by atoms with E-state index >= 15 is 0 Å². The topological polar surface area (TPSA) is 30.7 Å². The van der Waals surface area contributed by atoms with Gasteiger partial charge in [0.2, 0.25) is 5.95 Å². The molecule has 0 saturated heterocycles. The summed E-state index contributed by atoms with van der Waals surface area (Å²) in [6.45, 7) is 4.59. The monoisotopic (exact) mass is 471 g/mol. The van der Waals surface area contributed by atoms with Crippen molar-refractivity contribution in [2.24, 2.45) is 0 Å². The highest BCUT2D eigenvalue weighted by Crippen LogP contribution is 2.47. The Morgan fingerprint density at radius 1 is 0.703 bits per heavy atom. The summed E-state index contributed by atoms with van der Waals surface area (Å²) in [4.78, 5) is 10.5. The molecule has 1 aliphatic rings. The largest absolute Gasteiger partial charge is 0.277 e. The van der Waals surface area contributed by atoms with Gasteiger partial charge in [-0.15, -0.1) is 0 Å². The molecule has 0 aliphatic heterocycles. The van der Waals surface area contributed by atoms with E-state index in [1.165, 1.54) is 27.5 Å². The van der Waals surface area contributed by atoms with Crippen LogP contribution in [0.1, 0.15) is 25.0 Å². The van der Waals surface area contributed by atoms with Crippen LogP contribution < -0.4 is 5.46 Å². The van der Waals surface area contributed by atoms with E-state index in [0.29, 0.717) is 5.95 Å². The molecule has 8 rings (SSSR count). The maximum Gasteiger partial charge on any atom is 0.235 e. The van der Waals surface area contributed by atoms with Gasteiger partial charge in [0, 0.05) is 32.5 Å². The molecule has 4 heteroatoms. The normalized spacial score (nSPS) is 14.0. The molecule has 0 fully saturated rings. The zero-order chi connectivity index (χ0) is 24.9. The zero-order valence-electron chi connectivity index (χ0n) is 20.7. The fourth-order valence-corrected chi connectivity index (χ4v) is 6.37. The number of rotatable bonds is 1. The van der Waals surface area contributed by atoms with Crippen molar-refractivity contribution in [3.05, 3.63) is 108 Å². The summed E-state index contributed by atoms with van der Waals surface area (Å²) in [7, 11) is 6.26. The molecule has 7 aromatic rings. The van der Waals surface area contributed by atoms with E-state index in [0.717, 1.165) is 43.9 Å². The molecule has 2 heterocycles. The second-order valence-electron chi connectivity index (χ2n) is 10.5. The van der Waals surface area contributed by atoms with Gasteiger partial charge < -0.3 is 0 Å². The van der Waals surface area contributed by atoms with E-state index in [2.05, 4.69) is 109 Å². The van der Waals surface area contributed by atoms with Gasteiger partial charge in [-0.2, -0.15) is 0 Å². The van der Waals surface area contributed by atoms with Crippen molar-refractivity contribution in [1.29, 1.82) is 0 Å². The first kappa shape index (κ1) is 20.7. The van der Waals surface area contributed by atoms with Gasteiger partial charge in [-0.3, -0.25) is 4.57 Å². The molecule has 1 aliphatic carbocycles. The first-order valence-electron chi connectivity index (χ1n) is 12.7. The maximum absolute atomic E-state index is 6.26. The summed E-state index contributed by atoms with van der Waals surface area (Å²) in [6.07, 6.45) is 0. The van der Waals surface area contributed by atoms with Crippen molar-refractivity contribution in [3.8, 4) is 17.2 Å². The Morgan fingerprint density at radius 3 is 2.43 bits per heavy atom. The van der Waals surface area contributed by atoms with Crippen molar-refractivity contribution < 1.29 is 0 Å². The van der Waals surface area contributed by atoms with Gasteiger partial charge in [0.15, 0.2) is 0 Å².